The van der Waals surface area contributed by atoms with Gasteiger partial charge in [0.1, 0.15) is 6.04 Å². The first kappa shape index (κ1) is 18.1. The summed E-state index contributed by atoms with van der Waals surface area (Å²) in [5.41, 5.74) is 2.79. The average Bonchev–Trinajstić information content (AvgIpc) is 2.49. The Kier molecular flexibility index (Phi) is 5.66. The Hall–Kier alpha value is -2.28. The number of hydrogen-bond acceptors (Lipinski definition) is 5. The van der Waals surface area contributed by atoms with Gasteiger partial charge >= 0.3 is 5.97 Å². The van der Waals surface area contributed by atoms with Gasteiger partial charge in [-0.05, 0) is 31.2 Å². The van der Waals surface area contributed by atoms with Gasteiger partial charge in [-0.15, -0.1) is 11.8 Å². The second-order valence-corrected chi connectivity index (χ2v) is 6.82. The Morgan fingerprint density at radius 2 is 2.04 bits per heavy atom. The maximum Gasteiger partial charge on any atom is 0.327 e. The third-order valence-electron chi connectivity index (χ3n) is 3.48. The van der Waals surface area contributed by atoms with Gasteiger partial charge in [0.2, 0.25) is 5.91 Å². The van der Waals surface area contributed by atoms with E-state index in [1.807, 2.05) is 50.2 Å². The number of carboxylic acids is 1. The fraction of sp³-hybridized carbons (Fsp3) is 0.353. The smallest absolute Gasteiger partial charge is 0.327 e. The maximum absolute atomic E-state index is 11.3. The molecular formula is C17H21N3O3S. The Morgan fingerprint density at radius 1 is 1.33 bits per heavy atom. The standard InChI is InChI=1S/C17H21N3O3S/c1-10-7-16(24-9-15(17(22)23)19-11(2)21)13-8-12(20(3)4)5-6-14(13)18-10/h5-8,15H,9H2,1-4H3,(H,19,21)(H,22,23)/t15-/m0/s1. The minimum Gasteiger partial charge on any atom is -0.480 e. The van der Waals surface area contributed by atoms with Crippen molar-refractivity contribution in [3.63, 3.8) is 0 Å². The summed E-state index contributed by atoms with van der Waals surface area (Å²) in [7, 11) is 3.93. The van der Waals surface area contributed by atoms with Gasteiger partial charge in [0.25, 0.3) is 0 Å². The lowest BCUT2D eigenvalue weighted by Gasteiger charge is -2.16. The Labute approximate surface area is 145 Å². The Balaban J connectivity index is 2.34. The third-order valence-corrected chi connectivity index (χ3v) is 4.63. The number of thioether (sulfide) groups is 1. The zero-order valence-corrected chi connectivity index (χ0v) is 15.0. The Morgan fingerprint density at radius 3 is 2.62 bits per heavy atom. The number of carbonyl (C=O) groups is 2. The second-order valence-electron chi connectivity index (χ2n) is 5.76. The lowest BCUT2D eigenvalue weighted by molar-refractivity contribution is -0.140. The monoisotopic (exact) mass is 347 g/mol. The summed E-state index contributed by atoms with van der Waals surface area (Å²) in [6, 6.07) is 7.02. The molecule has 7 heteroatoms. The van der Waals surface area contributed by atoms with Crippen LogP contribution in [0.2, 0.25) is 0 Å². The van der Waals surface area contributed by atoms with E-state index in [0.29, 0.717) is 0 Å². The van der Waals surface area contributed by atoms with Gasteiger partial charge in [0.15, 0.2) is 0 Å². The highest BCUT2D eigenvalue weighted by Crippen LogP contribution is 2.31. The highest BCUT2D eigenvalue weighted by molar-refractivity contribution is 7.99. The van der Waals surface area contributed by atoms with Crippen LogP contribution in [0.1, 0.15) is 12.6 Å². The molecule has 0 fully saturated rings. The molecule has 0 aliphatic rings. The molecule has 2 aromatic rings. The number of carbonyl (C=O) groups excluding carboxylic acids is 1. The molecule has 6 nitrogen and oxygen atoms in total. The number of nitrogens with one attached hydrogen (secondary N) is 1. The molecule has 0 saturated carbocycles. The molecule has 0 radical (unpaired) electrons. The summed E-state index contributed by atoms with van der Waals surface area (Å²) in [5.74, 6) is -1.14. The number of fused-ring (bicyclic) bond motifs is 1. The SMILES string of the molecule is CC(=O)N[C@@H](CSc1cc(C)nc2ccc(N(C)C)cc12)C(=O)O. The minimum absolute atomic E-state index is 0.250. The lowest BCUT2D eigenvalue weighted by atomic mass is 10.1. The normalized spacial score (nSPS) is 12.0. The first-order valence-electron chi connectivity index (χ1n) is 7.49. The van der Waals surface area contributed by atoms with Crippen LogP contribution in [0.4, 0.5) is 5.69 Å². The van der Waals surface area contributed by atoms with Crippen LogP contribution in [-0.4, -0.2) is 47.9 Å². The molecule has 1 aromatic heterocycles. The molecule has 0 aliphatic heterocycles. The van der Waals surface area contributed by atoms with Crippen molar-refractivity contribution in [2.24, 2.45) is 0 Å². The molecule has 2 N–H and O–H groups in total. The zero-order valence-electron chi connectivity index (χ0n) is 14.2. The fourth-order valence-corrected chi connectivity index (χ4v) is 3.44. The van der Waals surface area contributed by atoms with Crippen molar-refractivity contribution in [2.45, 2.75) is 24.8 Å². The van der Waals surface area contributed by atoms with Crippen LogP contribution in [0.5, 0.6) is 0 Å². The molecule has 1 aromatic carbocycles. The predicted molar refractivity (Wildman–Crippen MR) is 96.8 cm³/mol. The van der Waals surface area contributed by atoms with Gasteiger partial charge < -0.3 is 15.3 Å². The topological polar surface area (TPSA) is 82.5 Å². The molecule has 1 amide bonds. The highest BCUT2D eigenvalue weighted by Gasteiger charge is 2.19. The van der Waals surface area contributed by atoms with Crippen molar-refractivity contribution < 1.29 is 14.7 Å². The van der Waals surface area contributed by atoms with Crippen LogP contribution in [0.15, 0.2) is 29.2 Å². The second kappa shape index (κ2) is 7.53. The van der Waals surface area contributed by atoms with Crippen LogP contribution < -0.4 is 10.2 Å². The van der Waals surface area contributed by atoms with Gasteiger partial charge in [-0.2, -0.15) is 0 Å². The van der Waals surface area contributed by atoms with Crippen molar-refractivity contribution in [1.82, 2.24) is 10.3 Å². The van der Waals surface area contributed by atoms with Crippen LogP contribution in [-0.2, 0) is 9.59 Å². The number of aliphatic carboxylic acids is 1. The number of hydrogen-bond donors (Lipinski definition) is 2. The number of carboxylic acid groups (broad SMARTS) is 1. The van der Waals surface area contributed by atoms with E-state index < -0.39 is 12.0 Å². The number of aromatic nitrogens is 1. The number of aryl methyl sites for hydroxylation is 1. The van der Waals surface area contributed by atoms with Crippen molar-refractivity contribution in [3.8, 4) is 0 Å². The van der Waals surface area contributed by atoms with Crippen molar-refractivity contribution in [1.29, 1.82) is 0 Å². The number of benzene rings is 1. The lowest BCUT2D eigenvalue weighted by Crippen LogP contribution is -2.41. The molecule has 0 spiro atoms. The van der Waals surface area contributed by atoms with Crippen LogP contribution in [0, 0.1) is 6.92 Å². The summed E-state index contributed by atoms with van der Waals surface area (Å²) < 4.78 is 0. The van der Waals surface area contributed by atoms with Crippen molar-refractivity contribution in [3.05, 3.63) is 30.0 Å². The zero-order chi connectivity index (χ0) is 17.9. The quantitative estimate of drug-likeness (QED) is 0.780. The maximum atomic E-state index is 11.3. The van der Waals surface area contributed by atoms with Crippen LogP contribution in [0.25, 0.3) is 10.9 Å². The molecule has 0 bridgehead atoms. The van der Waals surface area contributed by atoms with E-state index in [4.69, 9.17) is 0 Å². The van der Waals surface area contributed by atoms with E-state index in [9.17, 15) is 14.7 Å². The highest BCUT2D eigenvalue weighted by atomic mass is 32.2. The van der Waals surface area contributed by atoms with Crippen molar-refractivity contribution >= 4 is 40.2 Å². The molecule has 24 heavy (non-hydrogen) atoms. The average molecular weight is 347 g/mol. The fourth-order valence-electron chi connectivity index (χ4n) is 2.30. The summed E-state index contributed by atoms with van der Waals surface area (Å²) in [6.07, 6.45) is 0. The molecule has 0 unspecified atom stereocenters. The number of amides is 1. The van der Waals surface area contributed by atoms with Gasteiger partial charge in [0, 0.05) is 48.4 Å². The molecular weight excluding hydrogens is 326 g/mol. The molecule has 1 atom stereocenters. The largest absolute Gasteiger partial charge is 0.480 e. The van der Waals surface area contributed by atoms with E-state index in [1.54, 1.807) is 0 Å². The first-order chi connectivity index (χ1) is 11.3. The van der Waals surface area contributed by atoms with E-state index in [1.165, 1.54) is 18.7 Å². The van der Waals surface area contributed by atoms with Crippen LogP contribution >= 0.6 is 11.8 Å². The number of nitrogens with zero attached hydrogens (tertiary/aromatic N) is 2. The van der Waals surface area contributed by atoms with E-state index >= 15 is 0 Å². The number of rotatable bonds is 6. The molecule has 128 valence electrons. The summed E-state index contributed by atoms with van der Waals surface area (Å²) in [5, 5.41) is 12.7. The van der Waals surface area contributed by atoms with E-state index in [-0.39, 0.29) is 11.7 Å². The molecule has 0 aliphatic carbocycles. The van der Waals surface area contributed by atoms with Gasteiger partial charge in [0.05, 0.1) is 5.52 Å². The number of pyridine rings is 1. The summed E-state index contributed by atoms with van der Waals surface area (Å²) >= 11 is 1.41. The minimum atomic E-state index is -1.04. The first-order valence-corrected chi connectivity index (χ1v) is 8.48. The number of anilines is 1. The molecule has 1 heterocycles. The predicted octanol–water partition coefficient (Wildman–Crippen LogP) is 2.29. The van der Waals surface area contributed by atoms with E-state index in [2.05, 4.69) is 10.3 Å². The van der Waals surface area contributed by atoms with Gasteiger partial charge in [-0.1, -0.05) is 0 Å². The van der Waals surface area contributed by atoms with E-state index in [0.717, 1.165) is 27.2 Å². The summed E-state index contributed by atoms with van der Waals surface area (Å²) in [6.45, 7) is 3.22. The van der Waals surface area contributed by atoms with Gasteiger partial charge in [-0.25, -0.2) is 4.79 Å². The molecule has 2 rings (SSSR count). The van der Waals surface area contributed by atoms with Gasteiger partial charge in [-0.3, -0.25) is 9.78 Å². The summed E-state index contributed by atoms with van der Waals surface area (Å²) in [4.78, 5) is 29.9. The van der Waals surface area contributed by atoms with Crippen LogP contribution in [0.3, 0.4) is 0 Å². The molecule has 0 saturated heterocycles. The third kappa shape index (κ3) is 4.38. The van der Waals surface area contributed by atoms with Crippen molar-refractivity contribution in [2.75, 3.05) is 24.7 Å². The Bertz CT molecular complexity index is 777.